The van der Waals surface area contributed by atoms with Gasteiger partial charge in [-0.1, -0.05) is 11.6 Å². The SMILES string of the molecule is N#Cc1ccc(Cl)c2c1[C@H](N)CCC2. The molecule has 2 rings (SSSR count). The molecule has 14 heavy (non-hydrogen) atoms. The smallest absolute Gasteiger partial charge is 0.0995 e. The van der Waals surface area contributed by atoms with Crippen LogP contribution in [0.5, 0.6) is 0 Å². The van der Waals surface area contributed by atoms with Crippen LogP contribution in [-0.2, 0) is 6.42 Å². The van der Waals surface area contributed by atoms with Crippen molar-refractivity contribution in [1.29, 1.82) is 5.26 Å². The third-order valence-electron chi connectivity index (χ3n) is 2.73. The Morgan fingerprint density at radius 3 is 3.00 bits per heavy atom. The molecule has 0 aliphatic heterocycles. The molecule has 1 atom stereocenters. The summed E-state index contributed by atoms with van der Waals surface area (Å²) in [6.45, 7) is 0. The molecule has 0 unspecified atom stereocenters. The minimum Gasteiger partial charge on any atom is -0.324 e. The predicted molar refractivity (Wildman–Crippen MR) is 56.0 cm³/mol. The summed E-state index contributed by atoms with van der Waals surface area (Å²) in [4.78, 5) is 0. The normalized spacial score (nSPS) is 19.9. The average molecular weight is 207 g/mol. The van der Waals surface area contributed by atoms with Crippen LogP contribution in [-0.4, -0.2) is 0 Å². The number of rotatable bonds is 0. The lowest BCUT2D eigenvalue weighted by Crippen LogP contribution is -2.19. The number of benzene rings is 1. The van der Waals surface area contributed by atoms with Gasteiger partial charge in [0.05, 0.1) is 11.6 Å². The van der Waals surface area contributed by atoms with Gasteiger partial charge in [0.25, 0.3) is 0 Å². The van der Waals surface area contributed by atoms with Crippen LogP contribution in [0.2, 0.25) is 5.02 Å². The summed E-state index contributed by atoms with van der Waals surface area (Å²) in [5, 5.41) is 9.70. The van der Waals surface area contributed by atoms with Gasteiger partial charge in [0.15, 0.2) is 0 Å². The van der Waals surface area contributed by atoms with Crippen molar-refractivity contribution >= 4 is 11.6 Å². The zero-order valence-corrected chi connectivity index (χ0v) is 8.51. The molecule has 0 saturated carbocycles. The second-order valence-electron chi connectivity index (χ2n) is 3.60. The molecular formula is C11H11ClN2. The van der Waals surface area contributed by atoms with E-state index in [-0.39, 0.29) is 6.04 Å². The molecule has 2 nitrogen and oxygen atoms in total. The van der Waals surface area contributed by atoms with Gasteiger partial charge >= 0.3 is 0 Å². The molecule has 0 radical (unpaired) electrons. The van der Waals surface area contributed by atoms with Gasteiger partial charge < -0.3 is 5.73 Å². The maximum atomic E-state index is 8.95. The first-order valence-corrected chi connectivity index (χ1v) is 5.09. The van der Waals surface area contributed by atoms with E-state index in [1.807, 2.05) is 0 Å². The largest absolute Gasteiger partial charge is 0.324 e. The molecule has 1 aliphatic rings. The summed E-state index contributed by atoms with van der Waals surface area (Å²) in [6, 6.07) is 5.70. The van der Waals surface area contributed by atoms with Crippen LogP contribution in [0.3, 0.4) is 0 Å². The van der Waals surface area contributed by atoms with Gasteiger partial charge in [-0.05, 0) is 42.5 Å². The molecule has 1 aliphatic carbocycles. The Balaban J connectivity index is 2.65. The third kappa shape index (κ3) is 1.39. The zero-order valence-electron chi connectivity index (χ0n) is 7.76. The molecule has 1 aromatic carbocycles. The topological polar surface area (TPSA) is 49.8 Å². The Morgan fingerprint density at radius 1 is 1.50 bits per heavy atom. The fourth-order valence-electron chi connectivity index (χ4n) is 2.06. The summed E-state index contributed by atoms with van der Waals surface area (Å²) < 4.78 is 0. The van der Waals surface area contributed by atoms with Crippen molar-refractivity contribution in [2.45, 2.75) is 25.3 Å². The molecule has 3 heteroatoms. The van der Waals surface area contributed by atoms with Crippen LogP contribution in [0, 0.1) is 11.3 Å². The number of nitrogens with two attached hydrogens (primary N) is 1. The molecule has 0 fully saturated rings. The molecule has 72 valence electrons. The maximum Gasteiger partial charge on any atom is 0.0995 e. The van der Waals surface area contributed by atoms with Crippen molar-refractivity contribution in [3.05, 3.63) is 33.8 Å². The lowest BCUT2D eigenvalue weighted by Gasteiger charge is -2.24. The van der Waals surface area contributed by atoms with Gasteiger partial charge in [-0.2, -0.15) is 5.26 Å². The highest BCUT2D eigenvalue weighted by Crippen LogP contribution is 2.34. The van der Waals surface area contributed by atoms with Crippen LogP contribution in [0.25, 0.3) is 0 Å². The minimum absolute atomic E-state index is 0.0212. The second kappa shape index (κ2) is 3.61. The van der Waals surface area contributed by atoms with E-state index >= 15 is 0 Å². The predicted octanol–water partition coefficient (Wildman–Crippen LogP) is 2.55. The molecule has 2 N–H and O–H groups in total. The highest BCUT2D eigenvalue weighted by atomic mass is 35.5. The Bertz CT molecular complexity index is 406. The van der Waals surface area contributed by atoms with Crippen molar-refractivity contribution in [2.75, 3.05) is 0 Å². The van der Waals surface area contributed by atoms with Crippen LogP contribution < -0.4 is 5.73 Å². The average Bonchev–Trinajstić information content (AvgIpc) is 2.20. The van der Waals surface area contributed by atoms with Crippen LogP contribution in [0.1, 0.15) is 35.6 Å². The fourth-order valence-corrected chi connectivity index (χ4v) is 2.32. The standard InChI is InChI=1S/C11H11ClN2/c12-9-5-4-7(6-13)11-8(9)2-1-3-10(11)14/h4-5,10H,1-3,14H2/t10-/m1/s1. The van der Waals surface area contributed by atoms with Crippen LogP contribution in [0.4, 0.5) is 0 Å². The van der Waals surface area contributed by atoms with Gasteiger partial charge in [0.1, 0.15) is 0 Å². The van der Waals surface area contributed by atoms with E-state index in [0.29, 0.717) is 5.56 Å². The molecule has 0 aromatic heterocycles. The van der Waals surface area contributed by atoms with E-state index in [0.717, 1.165) is 35.4 Å². The van der Waals surface area contributed by atoms with E-state index in [9.17, 15) is 0 Å². The first kappa shape index (κ1) is 9.51. The van der Waals surface area contributed by atoms with Gasteiger partial charge in [0, 0.05) is 11.1 Å². The second-order valence-corrected chi connectivity index (χ2v) is 4.00. The number of hydrogen-bond acceptors (Lipinski definition) is 2. The Labute approximate surface area is 88.3 Å². The molecule has 0 amide bonds. The monoisotopic (exact) mass is 206 g/mol. The number of nitrogens with zero attached hydrogens (tertiary/aromatic N) is 1. The highest BCUT2D eigenvalue weighted by molar-refractivity contribution is 6.31. The van der Waals surface area contributed by atoms with Crippen molar-refractivity contribution in [3.63, 3.8) is 0 Å². The molecule has 0 saturated heterocycles. The van der Waals surface area contributed by atoms with Crippen molar-refractivity contribution in [3.8, 4) is 6.07 Å². The van der Waals surface area contributed by atoms with Crippen molar-refractivity contribution in [1.82, 2.24) is 0 Å². The lowest BCUT2D eigenvalue weighted by molar-refractivity contribution is 0.569. The summed E-state index contributed by atoms with van der Waals surface area (Å²) in [5.41, 5.74) is 8.70. The summed E-state index contributed by atoms with van der Waals surface area (Å²) >= 11 is 6.07. The summed E-state index contributed by atoms with van der Waals surface area (Å²) in [5.74, 6) is 0. The zero-order chi connectivity index (χ0) is 10.1. The number of fused-ring (bicyclic) bond motifs is 1. The van der Waals surface area contributed by atoms with E-state index < -0.39 is 0 Å². The molecule has 0 spiro atoms. The third-order valence-corrected chi connectivity index (χ3v) is 3.09. The van der Waals surface area contributed by atoms with Gasteiger partial charge in [-0.15, -0.1) is 0 Å². The van der Waals surface area contributed by atoms with E-state index in [1.54, 1.807) is 12.1 Å². The minimum atomic E-state index is -0.0212. The van der Waals surface area contributed by atoms with Crippen LogP contribution in [0.15, 0.2) is 12.1 Å². The Kier molecular flexibility index (Phi) is 2.45. The molecular weight excluding hydrogens is 196 g/mol. The number of halogens is 1. The molecule has 0 bridgehead atoms. The fraction of sp³-hybridized carbons (Fsp3) is 0.364. The van der Waals surface area contributed by atoms with E-state index in [2.05, 4.69) is 6.07 Å². The number of nitriles is 1. The van der Waals surface area contributed by atoms with Gasteiger partial charge in [-0.25, -0.2) is 0 Å². The van der Waals surface area contributed by atoms with E-state index in [4.69, 9.17) is 22.6 Å². The number of hydrogen-bond donors (Lipinski definition) is 1. The van der Waals surface area contributed by atoms with Crippen LogP contribution >= 0.6 is 11.6 Å². The Morgan fingerprint density at radius 2 is 2.29 bits per heavy atom. The molecule has 1 aromatic rings. The quantitative estimate of drug-likeness (QED) is 0.709. The van der Waals surface area contributed by atoms with Gasteiger partial charge in [0.2, 0.25) is 0 Å². The van der Waals surface area contributed by atoms with Gasteiger partial charge in [-0.3, -0.25) is 0 Å². The lowest BCUT2D eigenvalue weighted by atomic mass is 9.85. The Hall–Kier alpha value is -1.04. The molecule has 0 heterocycles. The first-order valence-electron chi connectivity index (χ1n) is 4.71. The van der Waals surface area contributed by atoms with E-state index in [1.165, 1.54) is 0 Å². The van der Waals surface area contributed by atoms with Crippen molar-refractivity contribution < 1.29 is 0 Å². The maximum absolute atomic E-state index is 8.95. The van der Waals surface area contributed by atoms with Crippen molar-refractivity contribution in [2.24, 2.45) is 5.73 Å². The summed E-state index contributed by atoms with van der Waals surface area (Å²) in [7, 11) is 0. The highest BCUT2D eigenvalue weighted by Gasteiger charge is 2.22. The summed E-state index contributed by atoms with van der Waals surface area (Å²) in [6.07, 6.45) is 2.95. The first-order chi connectivity index (χ1) is 6.74.